The van der Waals surface area contributed by atoms with Gasteiger partial charge in [-0.25, -0.2) is 0 Å². The standard InChI is InChI=1S/C29H30O3/c1-20(17-21-13-15-23(16-14-21)29(2,3)4)27-18-24(30)28-25(11-8-12-26(28)32-27)31-19-22-9-6-5-7-10-22/h5-17,27H,18-19H2,1-4H3/b20-17+. The van der Waals surface area contributed by atoms with E-state index in [9.17, 15) is 4.79 Å². The van der Waals surface area contributed by atoms with Crippen molar-refractivity contribution in [2.75, 3.05) is 0 Å². The van der Waals surface area contributed by atoms with Crippen LogP contribution in [0.5, 0.6) is 11.5 Å². The lowest BCUT2D eigenvalue weighted by molar-refractivity contribution is 0.0878. The second-order valence-corrected chi connectivity index (χ2v) is 9.40. The molecule has 1 unspecified atom stereocenters. The van der Waals surface area contributed by atoms with Crippen molar-refractivity contribution in [3.63, 3.8) is 0 Å². The number of hydrogen-bond donors (Lipinski definition) is 0. The minimum absolute atomic E-state index is 0.0516. The van der Waals surface area contributed by atoms with Crippen LogP contribution in [0.4, 0.5) is 0 Å². The summed E-state index contributed by atoms with van der Waals surface area (Å²) in [5.41, 5.74) is 5.17. The second-order valence-electron chi connectivity index (χ2n) is 9.40. The normalized spacial score (nSPS) is 16.3. The molecule has 32 heavy (non-hydrogen) atoms. The van der Waals surface area contributed by atoms with E-state index in [4.69, 9.17) is 9.47 Å². The summed E-state index contributed by atoms with van der Waals surface area (Å²) in [5.74, 6) is 1.22. The lowest BCUT2D eigenvalue weighted by atomic mass is 9.86. The van der Waals surface area contributed by atoms with Crippen LogP contribution in [0.15, 0.2) is 78.4 Å². The van der Waals surface area contributed by atoms with Crippen LogP contribution in [0.2, 0.25) is 0 Å². The molecule has 0 amide bonds. The third-order valence-electron chi connectivity index (χ3n) is 5.82. The van der Waals surface area contributed by atoms with Crippen molar-refractivity contribution in [1.82, 2.24) is 0 Å². The van der Waals surface area contributed by atoms with Crippen molar-refractivity contribution >= 4 is 11.9 Å². The number of hydrogen-bond acceptors (Lipinski definition) is 3. The Kier molecular flexibility index (Phi) is 6.18. The highest BCUT2D eigenvalue weighted by atomic mass is 16.5. The highest BCUT2D eigenvalue weighted by Gasteiger charge is 2.30. The first kappa shape index (κ1) is 21.9. The molecule has 0 bridgehead atoms. The topological polar surface area (TPSA) is 35.5 Å². The van der Waals surface area contributed by atoms with Gasteiger partial charge in [-0.2, -0.15) is 0 Å². The monoisotopic (exact) mass is 426 g/mol. The summed E-state index contributed by atoms with van der Waals surface area (Å²) < 4.78 is 12.2. The summed E-state index contributed by atoms with van der Waals surface area (Å²) in [7, 11) is 0. The maximum Gasteiger partial charge on any atom is 0.174 e. The van der Waals surface area contributed by atoms with Gasteiger partial charge in [0.1, 0.15) is 29.8 Å². The van der Waals surface area contributed by atoms with E-state index in [1.54, 1.807) is 0 Å². The molecule has 164 valence electrons. The Morgan fingerprint density at radius 3 is 2.41 bits per heavy atom. The molecule has 3 aromatic carbocycles. The summed E-state index contributed by atoms with van der Waals surface area (Å²) >= 11 is 0. The minimum Gasteiger partial charge on any atom is -0.488 e. The van der Waals surface area contributed by atoms with Crippen molar-refractivity contribution in [2.24, 2.45) is 0 Å². The second kappa shape index (κ2) is 9.04. The van der Waals surface area contributed by atoms with Crippen LogP contribution in [0.25, 0.3) is 6.08 Å². The third kappa shape index (κ3) is 4.94. The van der Waals surface area contributed by atoms with E-state index in [-0.39, 0.29) is 17.3 Å². The molecule has 4 rings (SSSR count). The van der Waals surface area contributed by atoms with Gasteiger partial charge in [-0.3, -0.25) is 4.79 Å². The van der Waals surface area contributed by atoms with Gasteiger partial charge in [0, 0.05) is 0 Å². The van der Waals surface area contributed by atoms with E-state index in [2.05, 4.69) is 51.1 Å². The molecule has 1 aliphatic heterocycles. The lowest BCUT2D eigenvalue weighted by Gasteiger charge is -2.27. The van der Waals surface area contributed by atoms with Gasteiger partial charge >= 0.3 is 0 Å². The molecule has 0 fully saturated rings. The van der Waals surface area contributed by atoms with Crippen molar-refractivity contribution in [1.29, 1.82) is 0 Å². The molecule has 1 aliphatic rings. The van der Waals surface area contributed by atoms with Gasteiger partial charge in [-0.1, -0.05) is 87.5 Å². The molecule has 1 heterocycles. The van der Waals surface area contributed by atoms with Crippen molar-refractivity contribution < 1.29 is 14.3 Å². The molecule has 1 atom stereocenters. The predicted molar refractivity (Wildman–Crippen MR) is 129 cm³/mol. The van der Waals surface area contributed by atoms with Gasteiger partial charge in [0.2, 0.25) is 0 Å². The van der Waals surface area contributed by atoms with Crippen LogP contribution >= 0.6 is 0 Å². The first-order valence-corrected chi connectivity index (χ1v) is 11.1. The van der Waals surface area contributed by atoms with Gasteiger partial charge in [0.15, 0.2) is 5.78 Å². The maximum absolute atomic E-state index is 13.1. The Morgan fingerprint density at radius 2 is 1.72 bits per heavy atom. The summed E-state index contributed by atoms with van der Waals surface area (Å²) in [5, 5.41) is 0. The molecule has 3 aromatic rings. The minimum atomic E-state index is -0.276. The zero-order valence-electron chi connectivity index (χ0n) is 19.2. The fourth-order valence-corrected chi connectivity index (χ4v) is 3.89. The Morgan fingerprint density at radius 1 is 1.00 bits per heavy atom. The van der Waals surface area contributed by atoms with Gasteiger partial charge < -0.3 is 9.47 Å². The lowest BCUT2D eigenvalue weighted by Crippen LogP contribution is -2.28. The zero-order valence-corrected chi connectivity index (χ0v) is 19.2. The van der Waals surface area contributed by atoms with Crippen molar-refractivity contribution in [3.05, 3.63) is 101 Å². The molecule has 0 N–H and O–H groups in total. The Bertz CT molecular complexity index is 1120. The fourth-order valence-electron chi connectivity index (χ4n) is 3.89. The molecular formula is C29H30O3. The number of ether oxygens (including phenoxy) is 2. The number of fused-ring (bicyclic) bond motifs is 1. The van der Waals surface area contributed by atoms with E-state index in [0.717, 1.165) is 16.7 Å². The Hall–Kier alpha value is -3.33. The van der Waals surface area contributed by atoms with Crippen LogP contribution in [0.3, 0.4) is 0 Å². The molecule has 3 nitrogen and oxygen atoms in total. The quantitative estimate of drug-likeness (QED) is 0.441. The molecule has 3 heteroatoms. The van der Waals surface area contributed by atoms with Crippen LogP contribution in [-0.2, 0) is 12.0 Å². The molecule has 0 radical (unpaired) electrons. The summed E-state index contributed by atoms with van der Waals surface area (Å²) in [6.07, 6.45) is 2.13. The molecule has 0 aliphatic carbocycles. The molecule has 0 aromatic heterocycles. The van der Waals surface area contributed by atoms with E-state index in [0.29, 0.717) is 30.1 Å². The number of carbonyl (C=O) groups excluding carboxylic acids is 1. The maximum atomic E-state index is 13.1. The first-order chi connectivity index (χ1) is 15.3. The Labute approximate surface area is 190 Å². The van der Waals surface area contributed by atoms with Crippen LogP contribution in [-0.4, -0.2) is 11.9 Å². The average molecular weight is 427 g/mol. The molecule has 0 saturated heterocycles. The average Bonchev–Trinajstić information content (AvgIpc) is 2.78. The largest absolute Gasteiger partial charge is 0.488 e. The number of benzene rings is 3. The van der Waals surface area contributed by atoms with E-state index >= 15 is 0 Å². The van der Waals surface area contributed by atoms with Gasteiger partial charge in [-0.15, -0.1) is 0 Å². The third-order valence-corrected chi connectivity index (χ3v) is 5.82. The summed E-state index contributed by atoms with van der Waals surface area (Å²) in [4.78, 5) is 13.1. The van der Waals surface area contributed by atoms with Crippen molar-refractivity contribution in [3.8, 4) is 11.5 Å². The van der Waals surface area contributed by atoms with E-state index in [1.165, 1.54) is 5.56 Å². The van der Waals surface area contributed by atoms with E-state index < -0.39 is 0 Å². The molecule has 0 spiro atoms. The molecule has 0 saturated carbocycles. The van der Waals surface area contributed by atoms with Crippen molar-refractivity contribution in [2.45, 2.75) is 52.2 Å². The highest BCUT2D eigenvalue weighted by Crippen LogP contribution is 2.37. The number of Topliss-reactive ketones (excluding diaryl/α,β-unsaturated/α-hetero) is 1. The molecular weight excluding hydrogens is 396 g/mol. The summed E-state index contributed by atoms with van der Waals surface area (Å²) in [6.45, 7) is 9.06. The van der Waals surface area contributed by atoms with Crippen LogP contribution in [0.1, 0.15) is 61.2 Å². The SMILES string of the molecule is C/C(=C\c1ccc(C(C)(C)C)cc1)C1CC(=O)c2c(OCc3ccccc3)cccc2O1. The van der Waals surface area contributed by atoms with Crippen LogP contribution in [0, 0.1) is 0 Å². The van der Waals surface area contributed by atoms with Gasteiger partial charge in [-0.05, 0) is 46.7 Å². The highest BCUT2D eigenvalue weighted by molar-refractivity contribution is 6.02. The first-order valence-electron chi connectivity index (χ1n) is 11.1. The van der Waals surface area contributed by atoms with Gasteiger partial charge in [0.05, 0.1) is 6.42 Å². The fraction of sp³-hybridized carbons (Fsp3) is 0.276. The number of ketones is 1. The van der Waals surface area contributed by atoms with E-state index in [1.807, 2.05) is 55.5 Å². The Balaban J connectivity index is 1.51. The van der Waals surface area contributed by atoms with Gasteiger partial charge in [0.25, 0.3) is 0 Å². The smallest absolute Gasteiger partial charge is 0.174 e. The number of rotatable bonds is 5. The van der Waals surface area contributed by atoms with Crippen LogP contribution < -0.4 is 9.47 Å². The predicted octanol–water partition coefficient (Wildman–Crippen LogP) is 7.00. The number of carbonyl (C=O) groups is 1. The zero-order chi connectivity index (χ0) is 22.7. The summed E-state index contributed by atoms with van der Waals surface area (Å²) in [6, 6.07) is 24.1.